The van der Waals surface area contributed by atoms with Crippen LogP contribution in [0, 0.1) is 6.92 Å². The lowest BCUT2D eigenvalue weighted by molar-refractivity contribution is 0.305. The van der Waals surface area contributed by atoms with Gasteiger partial charge in [-0.15, -0.1) is 0 Å². The third-order valence-electron chi connectivity index (χ3n) is 2.30. The van der Waals surface area contributed by atoms with E-state index < -0.39 is 0 Å². The van der Waals surface area contributed by atoms with E-state index in [0.29, 0.717) is 34.1 Å². The van der Waals surface area contributed by atoms with Gasteiger partial charge in [0.15, 0.2) is 5.16 Å². The molecule has 0 fully saturated rings. The lowest BCUT2D eigenvalue weighted by Gasteiger charge is -2.09. The number of hydrogen-bond donors (Lipinski definition) is 2. The summed E-state index contributed by atoms with van der Waals surface area (Å²) < 4.78 is 5.43. The molecule has 0 aliphatic rings. The Kier molecular flexibility index (Phi) is 4.57. The van der Waals surface area contributed by atoms with Crippen molar-refractivity contribution in [3.63, 3.8) is 0 Å². The third-order valence-corrected chi connectivity index (χ3v) is 3.20. The van der Waals surface area contributed by atoms with Gasteiger partial charge in [0.2, 0.25) is 5.88 Å². The Morgan fingerprint density at radius 3 is 2.95 bits per heavy atom. The van der Waals surface area contributed by atoms with Crippen LogP contribution in [0.5, 0.6) is 5.88 Å². The minimum absolute atomic E-state index is 0.213. The van der Waals surface area contributed by atoms with Crippen molar-refractivity contribution >= 4 is 17.4 Å². The van der Waals surface area contributed by atoms with Crippen LogP contribution >= 0.6 is 11.8 Å². The number of nitrogens with zero attached hydrogens (tertiary/aromatic N) is 3. The molecule has 2 heterocycles. The number of ether oxygens (including phenoxy) is 1. The molecule has 8 heteroatoms. The zero-order chi connectivity index (χ0) is 14.5. The van der Waals surface area contributed by atoms with Gasteiger partial charge in [0.25, 0.3) is 5.56 Å². The lowest BCUT2D eigenvalue weighted by atomic mass is 10.5. The average molecular weight is 293 g/mol. The molecule has 20 heavy (non-hydrogen) atoms. The van der Waals surface area contributed by atoms with E-state index in [1.807, 2.05) is 6.92 Å². The summed E-state index contributed by atoms with van der Waals surface area (Å²) in [6.07, 6.45) is 2.23. The number of aromatic nitrogens is 4. The molecule has 0 aromatic carbocycles. The lowest BCUT2D eigenvalue weighted by Crippen LogP contribution is -2.08. The maximum Gasteiger partial charge on any atom is 0.251 e. The van der Waals surface area contributed by atoms with E-state index in [0.717, 1.165) is 6.42 Å². The molecule has 2 aromatic heterocycles. The summed E-state index contributed by atoms with van der Waals surface area (Å²) in [4.78, 5) is 26.3. The highest BCUT2D eigenvalue weighted by molar-refractivity contribution is 7.99. The first-order valence-electron chi connectivity index (χ1n) is 6.09. The molecule has 0 saturated heterocycles. The van der Waals surface area contributed by atoms with E-state index in [4.69, 9.17) is 10.5 Å². The Bertz CT molecular complexity index is 659. The Morgan fingerprint density at radius 1 is 1.45 bits per heavy atom. The van der Waals surface area contributed by atoms with Crippen LogP contribution in [-0.2, 0) is 0 Å². The van der Waals surface area contributed by atoms with Crippen molar-refractivity contribution in [2.75, 3.05) is 12.3 Å². The minimum atomic E-state index is -0.213. The number of nitrogen functional groups attached to an aromatic ring is 1. The smallest absolute Gasteiger partial charge is 0.251 e. The van der Waals surface area contributed by atoms with Gasteiger partial charge < -0.3 is 15.5 Å². The molecule has 2 rings (SSSR count). The number of aryl methyl sites for hydroxylation is 1. The summed E-state index contributed by atoms with van der Waals surface area (Å²) in [6.45, 7) is 4.28. The molecule has 0 atom stereocenters. The van der Waals surface area contributed by atoms with Crippen molar-refractivity contribution < 1.29 is 4.74 Å². The van der Waals surface area contributed by atoms with E-state index in [1.54, 1.807) is 6.92 Å². The minimum Gasteiger partial charge on any atom is -0.476 e. The standard InChI is InChI=1S/C12H15N5O2S/c1-3-4-19-10-9(13)11(15-6-14-10)20-12-16-7(2)5-8(18)17-12/h5-6H,3-4,13H2,1-2H3,(H,16,17,18). The molecule has 3 N–H and O–H groups in total. The molecule has 0 radical (unpaired) electrons. The Balaban J connectivity index is 2.27. The topological polar surface area (TPSA) is 107 Å². The van der Waals surface area contributed by atoms with Gasteiger partial charge >= 0.3 is 0 Å². The summed E-state index contributed by atoms with van der Waals surface area (Å²) in [6, 6.07) is 1.42. The maximum absolute atomic E-state index is 11.4. The summed E-state index contributed by atoms with van der Waals surface area (Å²) >= 11 is 1.17. The molecule has 106 valence electrons. The van der Waals surface area contributed by atoms with Crippen LogP contribution in [0.15, 0.2) is 27.4 Å². The molecular formula is C12H15N5O2S. The quantitative estimate of drug-likeness (QED) is 0.633. The second-order valence-electron chi connectivity index (χ2n) is 4.04. The highest BCUT2D eigenvalue weighted by Crippen LogP contribution is 2.31. The van der Waals surface area contributed by atoms with Crippen molar-refractivity contribution in [1.29, 1.82) is 0 Å². The Morgan fingerprint density at radius 2 is 2.25 bits per heavy atom. The monoisotopic (exact) mass is 293 g/mol. The summed E-state index contributed by atoms with van der Waals surface area (Å²) in [7, 11) is 0. The van der Waals surface area contributed by atoms with E-state index in [-0.39, 0.29) is 5.56 Å². The molecule has 7 nitrogen and oxygen atoms in total. The highest BCUT2D eigenvalue weighted by Gasteiger charge is 2.12. The van der Waals surface area contributed by atoms with Crippen LogP contribution in [0.4, 0.5) is 5.69 Å². The first-order valence-corrected chi connectivity index (χ1v) is 6.91. The van der Waals surface area contributed by atoms with Crippen LogP contribution in [-0.4, -0.2) is 26.5 Å². The normalized spacial score (nSPS) is 10.5. The van der Waals surface area contributed by atoms with Gasteiger partial charge in [0.1, 0.15) is 17.0 Å². The van der Waals surface area contributed by atoms with E-state index >= 15 is 0 Å². The number of hydrogen-bond acceptors (Lipinski definition) is 7. The zero-order valence-corrected chi connectivity index (χ0v) is 12.0. The first kappa shape index (κ1) is 14.3. The second kappa shape index (κ2) is 6.38. The fourth-order valence-electron chi connectivity index (χ4n) is 1.45. The molecule has 0 saturated carbocycles. The van der Waals surface area contributed by atoms with Crippen molar-refractivity contribution in [3.05, 3.63) is 28.4 Å². The molecule has 0 aliphatic carbocycles. The highest BCUT2D eigenvalue weighted by atomic mass is 32.2. The summed E-state index contributed by atoms with van der Waals surface area (Å²) in [5, 5.41) is 0.932. The average Bonchev–Trinajstić information content (AvgIpc) is 2.38. The van der Waals surface area contributed by atoms with Crippen molar-refractivity contribution in [3.8, 4) is 5.88 Å². The van der Waals surface area contributed by atoms with Crippen LogP contribution in [0.3, 0.4) is 0 Å². The number of aromatic amines is 1. The van der Waals surface area contributed by atoms with Crippen LogP contribution in [0.2, 0.25) is 0 Å². The van der Waals surface area contributed by atoms with E-state index in [2.05, 4.69) is 19.9 Å². The number of nitrogens with one attached hydrogen (secondary N) is 1. The van der Waals surface area contributed by atoms with Gasteiger partial charge in [-0.2, -0.15) is 4.98 Å². The predicted molar refractivity (Wildman–Crippen MR) is 75.9 cm³/mol. The van der Waals surface area contributed by atoms with Crippen LogP contribution in [0.25, 0.3) is 0 Å². The molecule has 0 bridgehead atoms. The molecular weight excluding hydrogens is 278 g/mol. The third kappa shape index (κ3) is 3.47. The van der Waals surface area contributed by atoms with Gasteiger partial charge in [-0.05, 0) is 25.1 Å². The molecule has 0 amide bonds. The van der Waals surface area contributed by atoms with Gasteiger partial charge in [-0.1, -0.05) is 6.92 Å². The fraction of sp³-hybridized carbons (Fsp3) is 0.333. The van der Waals surface area contributed by atoms with E-state index in [9.17, 15) is 4.79 Å². The zero-order valence-electron chi connectivity index (χ0n) is 11.2. The predicted octanol–water partition coefficient (Wildman–Crippen LogP) is 1.39. The molecule has 0 spiro atoms. The number of anilines is 1. The fourth-order valence-corrected chi connectivity index (χ4v) is 2.27. The Hall–Kier alpha value is -2.09. The van der Waals surface area contributed by atoms with Crippen LogP contribution < -0.4 is 16.0 Å². The van der Waals surface area contributed by atoms with Gasteiger partial charge in [-0.25, -0.2) is 9.97 Å². The Labute approximate surface area is 120 Å². The number of H-pyrrole nitrogens is 1. The first-order chi connectivity index (χ1) is 9.60. The molecule has 0 aliphatic heterocycles. The van der Waals surface area contributed by atoms with Crippen molar-refractivity contribution in [2.24, 2.45) is 0 Å². The van der Waals surface area contributed by atoms with Crippen LogP contribution in [0.1, 0.15) is 19.0 Å². The number of rotatable bonds is 5. The molecule has 2 aromatic rings. The second-order valence-corrected chi connectivity index (χ2v) is 5.02. The van der Waals surface area contributed by atoms with Crippen molar-refractivity contribution in [1.82, 2.24) is 19.9 Å². The van der Waals surface area contributed by atoms with Gasteiger partial charge in [0.05, 0.1) is 6.61 Å². The largest absolute Gasteiger partial charge is 0.476 e. The number of nitrogens with two attached hydrogens (primary N) is 1. The summed E-state index contributed by atoms with van der Waals surface area (Å²) in [5.41, 5.74) is 6.72. The van der Waals surface area contributed by atoms with Crippen molar-refractivity contribution in [2.45, 2.75) is 30.5 Å². The van der Waals surface area contributed by atoms with Gasteiger partial charge in [-0.3, -0.25) is 4.79 Å². The SMILES string of the molecule is CCCOc1ncnc(Sc2nc(C)cc(=O)[nH]2)c1N. The summed E-state index contributed by atoms with van der Waals surface area (Å²) in [5.74, 6) is 0.347. The maximum atomic E-state index is 11.4. The van der Waals surface area contributed by atoms with E-state index in [1.165, 1.54) is 24.2 Å². The van der Waals surface area contributed by atoms with Gasteiger partial charge in [0, 0.05) is 11.8 Å². The molecule has 0 unspecified atom stereocenters.